The highest BCUT2D eigenvalue weighted by molar-refractivity contribution is 9.10. The van der Waals surface area contributed by atoms with Crippen molar-refractivity contribution in [3.05, 3.63) is 27.7 Å². The van der Waals surface area contributed by atoms with Crippen LogP contribution in [0.3, 0.4) is 0 Å². The molecular formula is C11H13BrClNS. The van der Waals surface area contributed by atoms with Crippen molar-refractivity contribution in [2.45, 2.75) is 24.6 Å². The fraction of sp³-hybridized carbons (Fsp3) is 0.455. The van der Waals surface area contributed by atoms with Gasteiger partial charge in [0.25, 0.3) is 0 Å². The molecule has 15 heavy (non-hydrogen) atoms. The van der Waals surface area contributed by atoms with E-state index in [1.165, 1.54) is 12.2 Å². The number of nitrogens with one attached hydrogen (secondary N) is 1. The number of hydrogen-bond donors (Lipinski definition) is 1. The Hall–Kier alpha value is 0.140. The minimum absolute atomic E-state index is 0.576. The van der Waals surface area contributed by atoms with Gasteiger partial charge in [0.1, 0.15) is 0 Å². The zero-order valence-electron chi connectivity index (χ0n) is 8.47. The Kier molecular flexibility index (Phi) is 3.86. The highest BCUT2D eigenvalue weighted by Gasteiger charge is 2.23. The molecule has 1 fully saturated rings. The third-order valence-electron chi connectivity index (χ3n) is 2.65. The lowest BCUT2D eigenvalue weighted by atomic mass is 10.1. The molecule has 1 aromatic rings. The summed E-state index contributed by atoms with van der Waals surface area (Å²) in [4.78, 5) is 0. The van der Waals surface area contributed by atoms with Crippen LogP contribution in [0.25, 0.3) is 0 Å². The van der Waals surface area contributed by atoms with E-state index in [1.807, 2.05) is 30.0 Å². The Morgan fingerprint density at radius 2 is 2.33 bits per heavy atom. The van der Waals surface area contributed by atoms with Gasteiger partial charge in [0.05, 0.1) is 0 Å². The normalized spacial score (nSPS) is 25.5. The van der Waals surface area contributed by atoms with Gasteiger partial charge in [-0.05, 0) is 46.3 Å². The highest BCUT2D eigenvalue weighted by atomic mass is 79.9. The van der Waals surface area contributed by atoms with Crippen LogP contribution in [0.4, 0.5) is 5.69 Å². The molecule has 0 aliphatic carbocycles. The quantitative estimate of drug-likeness (QED) is 0.868. The minimum Gasteiger partial charge on any atom is -0.380 e. The van der Waals surface area contributed by atoms with E-state index in [4.69, 9.17) is 11.6 Å². The molecule has 0 bridgehead atoms. The minimum atomic E-state index is 0.576. The Morgan fingerprint density at radius 1 is 1.53 bits per heavy atom. The standard InChI is InChI=1S/C11H13BrClNS/c1-7-10(4-5-15-7)14-11-3-2-8(13)6-9(11)12/h2-3,6-7,10,14H,4-5H2,1H3. The molecule has 0 radical (unpaired) electrons. The van der Waals surface area contributed by atoms with E-state index in [2.05, 4.69) is 28.2 Å². The van der Waals surface area contributed by atoms with Crippen molar-refractivity contribution in [2.24, 2.45) is 0 Å². The molecule has 1 aliphatic heterocycles. The maximum atomic E-state index is 5.90. The summed E-state index contributed by atoms with van der Waals surface area (Å²) in [6.45, 7) is 2.28. The first-order valence-electron chi connectivity index (χ1n) is 5.00. The summed E-state index contributed by atoms with van der Waals surface area (Å²) in [6.07, 6.45) is 1.24. The molecule has 2 rings (SSSR count). The number of halogens is 2. The van der Waals surface area contributed by atoms with Gasteiger partial charge in [0, 0.05) is 26.5 Å². The van der Waals surface area contributed by atoms with E-state index in [0.29, 0.717) is 11.3 Å². The van der Waals surface area contributed by atoms with Gasteiger partial charge >= 0.3 is 0 Å². The van der Waals surface area contributed by atoms with Gasteiger partial charge in [0.2, 0.25) is 0 Å². The van der Waals surface area contributed by atoms with E-state index in [0.717, 1.165) is 15.2 Å². The second-order valence-corrected chi connectivity index (χ2v) is 6.52. The van der Waals surface area contributed by atoms with Crippen LogP contribution in [0.15, 0.2) is 22.7 Å². The molecule has 1 saturated heterocycles. The van der Waals surface area contributed by atoms with Crippen LogP contribution in [-0.4, -0.2) is 17.0 Å². The van der Waals surface area contributed by atoms with Gasteiger partial charge in [-0.25, -0.2) is 0 Å². The van der Waals surface area contributed by atoms with Crippen LogP contribution in [-0.2, 0) is 0 Å². The van der Waals surface area contributed by atoms with Gasteiger partial charge < -0.3 is 5.32 Å². The van der Waals surface area contributed by atoms with Crippen LogP contribution in [0.2, 0.25) is 5.02 Å². The molecule has 0 saturated carbocycles. The maximum Gasteiger partial charge on any atom is 0.0488 e. The average Bonchev–Trinajstić information content (AvgIpc) is 2.57. The summed E-state index contributed by atoms with van der Waals surface area (Å²) in [6, 6.07) is 6.45. The van der Waals surface area contributed by atoms with Gasteiger partial charge in [-0.15, -0.1) is 0 Å². The first kappa shape index (κ1) is 11.6. The zero-order valence-corrected chi connectivity index (χ0v) is 11.6. The fourth-order valence-electron chi connectivity index (χ4n) is 1.73. The summed E-state index contributed by atoms with van der Waals surface area (Å²) >= 11 is 11.5. The van der Waals surface area contributed by atoms with Crippen molar-refractivity contribution in [2.75, 3.05) is 11.1 Å². The predicted molar refractivity (Wildman–Crippen MR) is 73.1 cm³/mol. The van der Waals surface area contributed by atoms with Crippen LogP contribution in [0.5, 0.6) is 0 Å². The number of anilines is 1. The summed E-state index contributed by atoms with van der Waals surface area (Å²) in [5.41, 5.74) is 1.14. The average molecular weight is 307 g/mol. The van der Waals surface area contributed by atoms with Crippen molar-refractivity contribution in [3.8, 4) is 0 Å². The lowest BCUT2D eigenvalue weighted by Gasteiger charge is -2.18. The maximum absolute atomic E-state index is 5.90. The molecular weight excluding hydrogens is 294 g/mol. The van der Waals surface area contributed by atoms with E-state index in [9.17, 15) is 0 Å². The SMILES string of the molecule is CC1SCCC1Nc1ccc(Cl)cc1Br. The topological polar surface area (TPSA) is 12.0 Å². The van der Waals surface area contributed by atoms with Gasteiger partial charge in [-0.1, -0.05) is 18.5 Å². The number of hydrogen-bond acceptors (Lipinski definition) is 2. The van der Waals surface area contributed by atoms with Gasteiger partial charge in [-0.3, -0.25) is 0 Å². The molecule has 4 heteroatoms. The number of benzene rings is 1. The van der Waals surface area contributed by atoms with Crippen molar-refractivity contribution >= 4 is 45.0 Å². The Morgan fingerprint density at radius 3 is 2.93 bits per heavy atom. The lowest BCUT2D eigenvalue weighted by Crippen LogP contribution is -2.24. The third-order valence-corrected chi connectivity index (χ3v) is 4.87. The van der Waals surface area contributed by atoms with Crippen LogP contribution in [0, 0.1) is 0 Å². The second kappa shape index (κ2) is 4.98. The van der Waals surface area contributed by atoms with E-state index in [1.54, 1.807) is 0 Å². The third kappa shape index (κ3) is 2.83. The molecule has 0 spiro atoms. The van der Waals surface area contributed by atoms with Crippen LogP contribution >= 0.6 is 39.3 Å². The zero-order chi connectivity index (χ0) is 10.8. The van der Waals surface area contributed by atoms with E-state index >= 15 is 0 Å². The first-order chi connectivity index (χ1) is 7.16. The molecule has 2 unspecified atom stereocenters. The summed E-state index contributed by atoms with van der Waals surface area (Å²) in [5, 5.41) is 5.01. The van der Waals surface area contributed by atoms with Crippen LogP contribution in [0.1, 0.15) is 13.3 Å². The first-order valence-corrected chi connectivity index (χ1v) is 7.22. The summed E-state index contributed by atoms with van der Waals surface area (Å²) in [7, 11) is 0. The molecule has 2 atom stereocenters. The van der Waals surface area contributed by atoms with Gasteiger partial charge in [-0.2, -0.15) is 11.8 Å². The molecule has 1 aromatic carbocycles. The Balaban J connectivity index is 2.10. The van der Waals surface area contributed by atoms with E-state index < -0.39 is 0 Å². The predicted octanol–water partition coefficient (Wildman–Crippen LogP) is 4.41. The molecule has 1 heterocycles. The van der Waals surface area contributed by atoms with Crippen molar-refractivity contribution in [3.63, 3.8) is 0 Å². The second-order valence-electron chi connectivity index (χ2n) is 3.74. The number of thioether (sulfide) groups is 1. The summed E-state index contributed by atoms with van der Waals surface area (Å²) < 4.78 is 1.04. The Labute approximate surface area is 108 Å². The monoisotopic (exact) mass is 305 g/mol. The number of rotatable bonds is 2. The van der Waals surface area contributed by atoms with Crippen molar-refractivity contribution in [1.29, 1.82) is 0 Å². The molecule has 0 aromatic heterocycles. The fourth-order valence-corrected chi connectivity index (χ4v) is 3.72. The summed E-state index contributed by atoms with van der Waals surface area (Å²) in [5.74, 6) is 1.25. The molecule has 82 valence electrons. The highest BCUT2D eigenvalue weighted by Crippen LogP contribution is 2.32. The van der Waals surface area contributed by atoms with Crippen molar-refractivity contribution < 1.29 is 0 Å². The smallest absolute Gasteiger partial charge is 0.0488 e. The molecule has 0 amide bonds. The van der Waals surface area contributed by atoms with E-state index in [-0.39, 0.29) is 0 Å². The lowest BCUT2D eigenvalue weighted by molar-refractivity contribution is 0.724. The largest absolute Gasteiger partial charge is 0.380 e. The Bertz CT molecular complexity index is 358. The van der Waals surface area contributed by atoms with Crippen LogP contribution < -0.4 is 5.32 Å². The molecule has 1 N–H and O–H groups in total. The molecule has 1 nitrogen and oxygen atoms in total. The van der Waals surface area contributed by atoms with Gasteiger partial charge in [0.15, 0.2) is 0 Å². The molecule has 1 aliphatic rings. The van der Waals surface area contributed by atoms with Crippen molar-refractivity contribution in [1.82, 2.24) is 0 Å².